The Bertz CT molecular complexity index is 987. The third kappa shape index (κ3) is 4.50. The molecule has 1 fully saturated rings. The van der Waals surface area contributed by atoms with Gasteiger partial charge in [-0.3, -0.25) is 9.59 Å². The van der Waals surface area contributed by atoms with Crippen molar-refractivity contribution in [1.82, 2.24) is 9.80 Å². The Morgan fingerprint density at radius 3 is 2.57 bits per heavy atom. The molecule has 158 valence electrons. The average molecular weight is 429 g/mol. The Kier molecular flexibility index (Phi) is 6.80. The first kappa shape index (κ1) is 21.9. The van der Waals surface area contributed by atoms with Gasteiger partial charge < -0.3 is 19.6 Å². The van der Waals surface area contributed by atoms with Crippen LogP contribution in [0.4, 0.5) is 0 Å². The number of carbonyl (C=O) groups excluding carboxylic acids is 2. The number of amides is 1. The molecule has 2 aromatic rings. The number of likely N-dealkylation sites (tertiary alicyclic amines) is 1. The number of hydrogen-bond acceptors (Lipinski definition) is 5. The molecule has 1 saturated heterocycles. The highest BCUT2D eigenvalue weighted by Crippen LogP contribution is 2.40. The van der Waals surface area contributed by atoms with Crippen molar-refractivity contribution < 1.29 is 19.4 Å². The molecule has 0 saturated carbocycles. The molecule has 0 spiro atoms. The summed E-state index contributed by atoms with van der Waals surface area (Å²) in [6, 6.07) is 13.1. The number of aliphatic hydroxyl groups is 1. The molecular weight excluding hydrogens is 404 g/mol. The molecule has 0 radical (unpaired) electrons. The van der Waals surface area contributed by atoms with E-state index in [-0.39, 0.29) is 11.3 Å². The van der Waals surface area contributed by atoms with Gasteiger partial charge >= 0.3 is 0 Å². The topological polar surface area (TPSA) is 70.1 Å². The fourth-order valence-corrected chi connectivity index (χ4v) is 3.82. The van der Waals surface area contributed by atoms with Crippen LogP contribution in [0, 0.1) is 0 Å². The average Bonchev–Trinajstić information content (AvgIpc) is 2.98. The third-order valence-electron chi connectivity index (χ3n) is 5.05. The summed E-state index contributed by atoms with van der Waals surface area (Å²) in [7, 11) is 5.42. The number of benzene rings is 2. The highest BCUT2D eigenvalue weighted by molar-refractivity contribution is 6.46. The smallest absolute Gasteiger partial charge is 0.295 e. The normalized spacial score (nSPS) is 18.3. The summed E-state index contributed by atoms with van der Waals surface area (Å²) in [5, 5.41) is 11.5. The van der Waals surface area contributed by atoms with Crippen LogP contribution in [0.25, 0.3) is 5.76 Å². The van der Waals surface area contributed by atoms with Crippen molar-refractivity contribution in [3.63, 3.8) is 0 Å². The number of Topliss-reactive ketones (excluding diaryl/α,β-unsaturated/α-hetero) is 1. The van der Waals surface area contributed by atoms with Crippen molar-refractivity contribution in [3.05, 3.63) is 70.3 Å². The molecule has 0 aliphatic carbocycles. The van der Waals surface area contributed by atoms with Crippen LogP contribution < -0.4 is 4.74 Å². The summed E-state index contributed by atoms with van der Waals surface area (Å²) in [6.45, 7) is 1.15. The highest BCUT2D eigenvalue weighted by atomic mass is 35.5. The Hall–Kier alpha value is -2.83. The van der Waals surface area contributed by atoms with Gasteiger partial charge in [0.1, 0.15) is 11.5 Å². The Morgan fingerprint density at radius 2 is 1.90 bits per heavy atom. The van der Waals surface area contributed by atoms with E-state index in [9.17, 15) is 14.7 Å². The van der Waals surface area contributed by atoms with Gasteiger partial charge in [-0.05, 0) is 56.9 Å². The second-order valence-electron chi connectivity index (χ2n) is 7.44. The third-order valence-corrected chi connectivity index (χ3v) is 5.29. The van der Waals surface area contributed by atoms with Crippen molar-refractivity contribution in [3.8, 4) is 5.75 Å². The molecule has 1 amide bonds. The summed E-state index contributed by atoms with van der Waals surface area (Å²) >= 11 is 6.18. The summed E-state index contributed by atoms with van der Waals surface area (Å²) < 4.78 is 5.22. The minimum atomic E-state index is -0.711. The van der Waals surface area contributed by atoms with Gasteiger partial charge in [0.05, 0.1) is 18.7 Å². The molecule has 1 aliphatic heterocycles. The molecule has 0 bridgehead atoms. The minimum absolute atomic E-state index is 0.0559. The van der Waals surface area contributed by atoms with E-state index in [1.165, 1.54) is 12.0 Å². The Balaban J connectivity index is 2.11. The molecular formula is C23H25ClN2O4. The maximum atomic E-state index is 13.0. The van der Waals surface area contributed by atoms with Gasteiger partial charge in [-0.1, -0.05) is 35.9 Å². The number of nitrogens with zero attached hydrogens (tertiary/aromatic N) is 2. The zero-order chi connectivity index (χ0) is 21.8. The quantitative estimate of drug-likeness (QED) is 0.413. The zero-order valence-corrected chi connectivity index (χ0v) is 18.0. The van der Waals surface area contributed by atoms with Crippen molar-refractivity contribution in [1.29, 1.82) is 0 Å². The molecule has 30 heavy (non-hydrogen) atoms. The van der Waals surface area contributed by atoms with Gasteiger partial charge in [-0.25, -0.2) is 0 Å². The Morgan fingerprint density at radius 1 is 1.17 bits per heavy atom. The molecule has 1 aliphatic rings. The maximum Gasteiger partial charge on any atom is 0.295 e. The first-order chi connectivity index (χ1) is 14.3. The standard InChI is InChI=1S/C23H25ClN2O4/c1-25(2)11-6-12-26-20(15-7-4-9-17(24)13-15)19(22(28)23(26)29)21(27)16-8-5-10-18(14-16)30-3/h4-5,7-10,13-14,20,27H,6,11-12H2,1-3H3/b21-19-/t20-/m1/s1. The molecule has 2 aromatic carbocycles. The fourth-order valence-electron chi connectivity index (χ4n) is 3.62. The first-order valence-electron chi connectivity index (χ1n) is 9.66. The van der Waals surface area contributed by atoms with Crippen LogP contribution in [-0.2, 0) is 9.59 Å². The van der Waals surface area contributed by atoms with Crippen LogP contribution in [0.2, 0.25) is 5.02 Å². The number of aliphatic hydroxyl groups excluding tert-OH is 1. The van der Waals surface area contributed by atoms with Crippen LogP contribution in [0.5, 0.6) is 5.75 Å². The number of rotatable bonds is 7. The van der Waals surface area contributed by atoms with Gasteiger partial charge in [0.15, 0.2) is 0 Å². The van der Waals surface area contributed by atoms with E-state index in [1.54, 1.807) is 48.5 Å². The molecule has 6 nitrogen and oxygen atoms in total. The predicted molar refractivity (Wildman–Crippen MR) is 117 cm³/mol. The summed E-state index contributed by atoms with van der Waals surface area (Å²) in [5.74, 6) is -1.01. The monoisotopic (exact) mass is 428 g/mol. The van der Waals surface area contributed by atoms with Crippen molar-refractivity contribution in [2.24, 2.45) is 0 Å². The van der Waals surface area contributed by atoms with E-state index in [4.69, 9.17) is 16.3 Å². The molecule has 7 heteroatoms. The zero-order valence-electron chi connectivity index (χ0n) is 17.3. The van der Waals surface area contributed by atoms with E-state index in [0.29, 0.717) is 34.9 Å². The van der Waals surface area contributed by atoms with E-state index < -0.39 is 17.7 Å². The van der Waals surface area contributed by atoms with Crippen LogP contribution in [0.1, 0.15) is 23.6 Å². The van der Waals surface area contributed by atoms with Crippen LogP contribution >= 0.6 is 11.6 Å². The molecule has 1 heterocycles. The van der Waals surface area contributed by atoms with Crippen LogP contribution in [-0.4, -0.2) is 60.9 Å². The Labute approximate surface area is 181 Å². The highest BCUT2D eigenvalue weighted by Gasteiger charge is 2.45. The largest absolute Gasteiger partial charge is 0.507 e. The van der Waals surface area contributed by atoms with E-state index in [2.05, 4.69) is 0 Å². The molecule has 1 atom stereocenters. The lowest BCUT2D eigenvalue weighted by molar-refractivity contribution is -0.139. The lowest BCUT2D eigenvalue weighted by Crippen LogP contribution is -2.32. The van der Waals surface area contributed by atoms with Crippen LogP contribution in [0.3, 0.4) is 0 Å². The predicted octanol–water partition coefficient (Wildman–Crippen LogP) is 3.72. The fraction of sp³-hybridized carbons (Fsp3) is 0.304. The lowest BCUT2D eigenvalue weighted by atomic mass is 9.95. The minimum Gasteiger partial charge on any atom is -0.507 e. The number of hydrogen-bond donors (Lipinski definition) is 1. The van der Waals surface area contributed by atoms with Gasteiger partial charge in [0.25, 0.3) is 11.7 Å². The number of methoxy groups -OCH3 is 1. The van der Waals surface area contributed by atoms with Gasteiger partial charge in [-0.2, -0.15) is 0 Å². The lowest BCUT2D eigenvalue weighted by Gasteiger charge is -2.26. The molecule has 3 rings (SSSR count). The van der Waals surface area contributed by atoms with Crippen molar-refractivity contribution in [2.45, 2.75) is 12.5 Å². The maximum absolute atomic E-state index is 13.0. The molecule has 0 aromatic heterocycles. The molecule has 1 N–H and O–H groups in total. The summed E-state index contributed by atoms with van der Waals surface area (Å²) in [4.78, 5) is 29.4. The number of carbonyl (C=O) groups is 2. The second-order valence-corrected chi connectivity index (χ2v) is 7.87. The number of ketones is 1. The van der Waals surface area contributed by atoms with Gasteiger partial charge in [0.2, 0.25) is 0 Å². The number of ether oxygens (including phenoxy) is 1. The summed E-state index contributed by atoms with van der Waals surface area (Å²) in [5.41, 5.74) is 1.14. The van der Waals surface area contributed by atoms with Crippen molar-refractivity contribution in [2.75, 3.05) is 34.3 Å². The first-order valence-corrected chi connectivity index (χ1v) is 10.0. The van der Waals surface area contributed by atoms with E-state index in [1.807, 2.05) is 19.0 Å². The van der Waals surface area contributed by atoms with Crippen molar-refractivity contribution >= 4 is 29.1 Å². The van der Waals surface area contributed by atoms with E-state index in [0.717, 1.165) is 6.54 Å². The second kappa shape index (κ2) is 9.32. The SMILES string of the molecule is COc1cccc(/C(O)=C2/C(=O)C(=O)N(CCCN(C)C)[C@@H]2c2cccc(Cl)c2)c1. The van der Waals surface area contributed by atoms with Gasteiger partial charge in [0, 0.05) is 17.1 Å². The summed E-state index contributed by atoms with van der Waals surface area (Å²) in [6.07, 6.45) is 0.691. The van der Waals surface area contributed by atoms with E-state index >= 15 is 0 Å². The van der Waals surface area contributed by atoms with Crippen LogP contribution in [0.15, 0.2) is 54.1 Å². The van der Waals surface area contributed by atoms with Gasteiger partial charge in [-0.15, -0.1) is 0 Å². The molecule has 0 unspecified atom stereocenters. The number of halogens is 1.